The van der Waals surface area contributed by atoms with Crippen LogP contribution < -0.4 is 0 Å². The molecular formula is C6H12O5. The van der Waals surface area contributed by atoms with Crippen molar-refractivity contribution in [1.29, 1.82) is 0 Å². The minimum Gasteiger partial charge on any atom is -0.394 e. The maximum atomic E-state index is 9.96. The number of carbonyl (C=O) groups is 1. The first-order chi connectivity index (χ1) is 5.54. The van der Waals surface area contributed by atoms with Gasteiger partial charge >= 0.3 is 0 Å². The van der Waals surface area contributed by atoms with Gasteiger partial charge in [-0.2, -0.15) is 0 Å². The summed E-state index contributed by atoms with van der Waals surface area (Å²) in [4.78, 5) is 9.96. The molecular weight excluding hydrogens is 153 g/mol. The fourth-order valence-corrected chi connectivity index (χ4v) is 0.530. The number of aldehydes is 1. The molecule has 0 aromatic heterocycles. The van der Waals surface area contributed by atoms with E-state index >= 15 is 0 Å². The second-order valence-electron chi connectivity index (χ2n) is 2.06. The van der Waals surface area contributed by atoms with Crippen LogP contribution in [-0.4, -0.2) is 51.6 Å². The largest absolute Gasteiger partial charge is 0.394 e. The Morgan fingerprint density at radius 2 is 1.91 bits per heavy atom. The van der Waals surface area contributed by atoms with Crippen molar-refractivity contribution in [2.24, 2.45) is 0 Å². The molecule has 0 spiro atoms. The molecule has 0 fully saturated rings. The third-order valence-corrected chi connectivity index (χ3v) is 1.21. The Bertz CT molecular complexity index is 142. The van der Waals surface area contributed by atoms with Gasteiger partial charge in [0.25, 0.3) is 0 Å². The summed E-state index contributed by atoms with van der Waals surface area (Å²) >= 11 is 0. The molecule has 0 aliphatic heterocycles. The third kappa shape index (κ3) is 3.43. The molecule has 11 heavy (non-hydrogen) atoms. The van der Waals surface area contributed by atoms with Crippen molar-refractivity contribution in [1.82, 2.24) is 0 Å². The van der Waals surface area contributed by atoms with Gasteiger partial charge in [-0.15, -0.1) is 0 Å². The van der Waals surface area contributed by atoms with Crippen LogP contribution in [0.3, 0.4) is 0 Å². The van der Waals surface area contributed by atoms with E-state index in [0.717, 1.165) is 0 Å². The SMILES string of the molecule is [2H][13C@H](C=O)[C@@H](O)[C@H](O)[C@H](O)CO. The van der Waals surface area contributed by atoms with Gasteiger partial charge in [0.15, 0.2) is 0 Å². The molecule has 0 aliphatic carbocycles. The van der Waals surface area contributed by atoms with Crippen LogP contribution in [0.2, 0.25) is 0 Å². The zero-order chi connectivity index (χ0) is 9.72. The van der Waals surface area contributed by atoms with Crippen molar-refractivity contribution < 1.29 is 26.6 Å². The number of rotatable bonds is 5. The highest BCUT2D eigenvalue weighted by atomic mass is 16.4. The van der Waals surface area contributed by atoms with Crippen LogP contribution in [0.5, 0.6) is 0 Å². The zero-order valence-electron chi connectivity index (χ0n) is 6.79. The quantitative estimate of drug-likeness (QED) is 0.271. The van der Waals surface area contributed by atoms with Gasteiger partial charge < -0.3 is 25.2 Å². The van der Waals surface area contributed by atoms with E-state index in [1.807, 2.05) is 0 Å². The predicted molar refractivity (Wildman–Crippen MR) is 35.8 cm³/mol. The third-order valence-electron chi connectivity index (χ3n) is 1.21. The number of aliphatic hydroxyl groups excluding tert-OH is 4. The van der Waals surface area contributed by atoms with Crippen LogP contribution in [-0.2, 0) is 4.79 Å². The van der Waals surface area contributed by atoms with Crippen molar-refractivity contribution in [3.05, 3.63) is 0 Å². The van der Waals surface area contributed by atoms with Crippen LogP contribution in [0, 0.1) is 0 Å². The summed E-state index contributed by atoms with van der Waals surface area (Å²) < 4.78 is 6.85. The van der Waals surface area contributed by atoms with Crippen molar-refractivity contribution >= 4 is 6.29 Å². The van der Waals surface area contributed by atoms with Crippen LogP contribution in [0.15, 0.2) is 0 Å². The summed E-state index contributed by atoms with van der Waals surface area (Å²) in [5.74, 6) is 0. The molecule has 5 nitrogen and oxygen atoms in total. The van der Waals surface area contributed by atoms with Crippen LogP contribution in [0.25, 0.3) is 0 Å². The first kappa shape index (κ1) is 8.61. The van der Waals surface area contributed by atoms with E-state index in [2.05, 4.69) is 0 Å². The molecule has 0 radical (unpaired) electrons. The van der Waals surface area contributed by atoms with E-state index in [9.17, 15) is 4.79 Å². The molecule has 0 aliphatic rings. The molecule has 0 aromatic rings. The molecule has 0 aromatic carbocycles. The van der Waals surface area contributed by atoms with E-state index in [4.69, 9.17) is 21.8 Å². The van der Waals surface area contributed by atoms with Crippen molar-refractivity contribution in [2.45, 2.75) is 24.7 Å². The number of hydrogen-bond acceptors (Lipinski definition) is 5. The molecule has 0 rings (SSSR count). The van der Waals surface area contributed by atoms with Gasteiger partial charge in [0.2, 0.25) is 0 Å². The summed E-state index contributed by atoms with van der Waals surface area (Å²) in [6.45, 7) is -0.732. The van der Waals surface area contributed by atoms with E-state index in [-0.39, 0.29) is 6.29 Å². The average molecular weight is 166 g/mol. The maximum absolute atomic E-state index is 9.96. The second kappa shape index (κ2) is 5.20. The Morgan fingerprint density at radius 1 is 1.36 bits per heavy atom. The lowest BCUT2D eigenvalue weighted by atomic mass is 10.1. The van der Waals surface area contributed by atoms with Gasteiger partial charge in [-0.25, -0.2) is 0 Å². The zero-order valence-corrected chi connectivity index (χ0v) is 5.79. The molecule has 0 bridgehead atoms. The fraction of sp³-hybridized carbons (Fsp3) is 0.833. The lowest BCUT2D eigenvalue weighted by molar-refractivity contribution is -0.115. The molecule has 66 valence electrons. The molecule has 0 saturated carbocycles. The number of carbonyl (C=O) groups excluding carboxylic acids is 1. The average Bonchev–Trinajstić information content (AvgIpc) is 2.12. The highest BCUT2D eigenvalue weighted by Crippen LogP contribution is 2.01. The van der Waals surface area contributed by atoms with E-state index < -0.39 is 31.3 Å². The van der Waals surface area contributed by atoms with E-state index in [1.54, 1.807) is 0 Å². The summed E-state index contributed by atoms with van der Waals surface area (Å²) in [5.41, 5.74) is 0. The van der Waals surface area contributed by atoms with Crippen molar-refractivity contribution in [2.75, 3.05) is 6.61 Å². The van der Waals surface area contributed by atoms with Crippen LogP contribution in [0.4, 0.5) is 0 Å². The lowest BCUT2D eigenvalue weighted by Crippen LogP contribution is -2.39. The van der Waals surface area contributed by atoms with Gasteiger partial charge in [-0.1, -0.05) is 0 Å². The highest BCUT2D eigenvalue weighted by Gasteiger charge is 2.23. The van der Waals surface area contributed by atoms with Gasteiger partial charge in [0.05, 0.1) is 12.7 Å². The first-order valence-corrected chi connectivity index (χ1v) is 3.07. The number of hydrogen-bond donors (Lipinski definition) is 4. The van der Waals surface area contributed by atoms with Crippen LogP contribution in [0.1, 0.15) is 7.77 Å². The second-order valence-corrected chi connectivity index (χ2v) is 2.06. The molecule has 4 N–H and O–H groups in total. The minimum atomic E-state index is -1.68. The Hall–Kier alpha value is -0.490. The van der Waals surface area contributed by atoms with E-state index in [1.165, 1.54) is 0 Å². The topological polar surface area (TPSA) is 98.0 Å². The van der Waals surface area contributed by atoms with E-state index in [0.29, 0.717) is 0 Å². The Balaban J connectivity index is 4.07. The number of aliphatic hydroxyl groups is 4. The molecule has 0 amide bonds. The van der Waals surface area contributed by atoms with Gasteiger partial charge in [0.1, 0.15) is 18.5 Å². The molecule has 0 heterocycles. The maximum Gasteiger partial charge on any atom is 0.122 e. The van der Waals surface area contributed by atoms with Crippen LogP contribution >= 0.6 is 0 Å². The molecule has 0 unspecified atom stereocenters. The lowest BCUT2D eigenvalue weighted by Gasteiger charge is -2.19. The fourth-order valence-electron chi connectivity index (χ4n) is 0.530. The van der Waals surface area contributed by atoms with Gasteiger partial charge in [-0.3, -0.25) is 0 Å². The summed E-state index contributed by atoms with van der Waals surface area (Å²) in [5, 5.41) is 35.0. The Morgan fingerprint density at radius 3 is 2.27 bits per heavy atom. The molecule has 4 atom stereocenters. The Labute approximate surface area is 65.3 Å². The van der Waals surface area contributed by atoms with Gasteiger partial charge in [0, 0.05) is 7.77 Å². The normalized spacial score (nSPS) is 23.1. The minimum absolute atomic E-state index is 0.137. The Kier molecular flexibility index (Phi) is 4.07. The highest BCUT2D eigenvalue weighted by molar-refractivity contribution is 5.50. The summed E-state index contributed by atoms with van der Waals surface area (Å²) in [6, 6.07) is 0. The molecule has 0 saturated heterocycles. The van der Waals surface area contributed by atoms with Crippen molar-refractivity contribution in [3.63, 3.8) is 0 Å². The molecule has 5 heteroatoms. The first-order valence-electron chi connectivity index (χ1n) is 3.65. The summed E-state index contributed by atoms with van der Waals surface area (Å²) in [7, 11) is 0. The monoisotopic (exact) mass is 166 g/mol. The van der Waals surface area contributed by atoms with Crippen molar-refractivity contribution in [3.8, 4) is 0 Å². The standard InChI is InChI=1S/C6H12O5/c7-2-1-4(9)6(11)5(10)3-8/h2,4-6,8-11H,1,3H2/t4-,5-,6+/m1/s1/i1+1D/t1-,4-,5-,6+. The summed E-state index contributed by atoms with van der Waals surface area (Å²) in [6.07, 6.45) is -6.26. The van der Waals surface area contributed by atoms with Gasteiger partial charge in [-0.05, 0) is 0 Å². The smallest absolute Gasteiger partial charge is 0.122 e. The predicted octanol–water partition coefficient (Wildman–Crippen LogP) is -2.35.